The van der Waals surface area contributed by atoms with E-state index >= 15 is 0 Å². The van der Waals surface area contributed by atoms with Gasteiger partial charge in [0.15, 0.2) is 0 Å². The van der Waals surface area contributed by atoms with Crippen LogP contribution >= 0.6 is 0 Å². The number of anilines is 1. The van der Waals surface area contributed by atoms with Crippen LogP contribution in [-0.4, -0.2) is 40.0 Å². The summed E-state index contributed by atoms with van der Waals surface area (Å²) < 4.78 is 29.5. The average molecular weight is 544 g/mol. The Bertz CT molecular complexity index is 1920. The van der Waals surface area contributed by atoms with E-state index in [0.717, 1.165) is 29.7 Å². The van der Waals surface area contributed by atoms with Crippen LogP contribution in [0.4, 0.5) is 5.69 Å². The molecule has 3 aliphatic rings. The highest BCUT2D eigenvalue weighted by Crippen LogP contribution is 2.67. The number of hydrogen-bond acceptors (Lipinski definition) is 5. The Morgan fingerprint density at radius 2 is 1.74 bits per heavy atom. The lowest BCUT2D eigenvalue weighted by atomic mass is 9.91. The molecule has 198 valence electrons. The van der Waals surface area contributed by atoms with E-state index in [4.69, 9.17) is 0 Å². The molecule has 2 aromatic heterocycles. The van der Waals surface area contributed by atoms with E-state index in [0.29, 0.717) is 16.0 Å². The summed E-state index contributed by atoms with van der Waals surface area (Å²) in [6.07, 6.45) is 4.02. The van der Waals surface area contributed by atoms with Gasteiger partial charge in [-0.2, -0.15) is 0 Å². The number of aromatic carboxylic acids is 1. The van der Waals surface area contributed by atoms with Gasteiger partial charge in [-0.05, 0) is 61.6 Å². The maximum absolute atomic E-state index is 13.9. The number of hydrogen-bond donors (Lipinski definition) is 1. The summed E-state index contributed by atoms with van der Waals surface area (Å²) in [5.74, 6) is -1.78. The third-order valence-electron chi connectivity index (χ3n) is 8.40. The Balaban J connectivity index is 1.46. The van der Waals surface area contributed by atoms with Gasteiger partial charge in [0.25, 0.3) is 15.6 Å². The summed E-state index contributed by atoms with van der Waals surface area (Å²) in [4.78, 5) is 41.5. The van der Waals surface area contributed by atoms with Crippen LogP contribution in [0.3, 0.4) is 0 Å². The minimum absolute atomic E-state index is 0.0170. The monoisotopic (exact) mass is 543 g/mol. The second kappa shape index (κ2) is 7.69. The largest absolute Gasteiger partial charge is 0.477 e. The van der Waals surface area contributed by atoms with Crippen molar-refractivity contribution in [3.8, 4) is 0 Å². The van der Waals surface area contributed by atoms with Crippen LogP contribution in [-0.2, 0) is 27.3 Å². The number of pyridine rings is 1. The molecular formula is C29H25N3O6S. The maximum atomic E-state index is 13.9. The lowest BCUT2D eigenvalue weighted by molar-refractivity contribution is -0.120. The molecule has 2 aromatic carbocycles. The predicted molar refractivity (Wildman–Crippen MR) is 144 cm³/mol. The summed E-state index contributed by atoms with van der Waals surface area (Å²) in [5, 5.41) is 10.3. The molecule has 1 spiro atoms. The highest BCUT2D eigenvalue weighted by molar-refractivity contribution is 7.90. The second-order valence-electron chi connectivity index (χ2n) is 10.8. The fourth-order valence-electron chi connectivity index (χ4n) is 6.28. The quantitative estimate of drug-likeness (QED) is 0.412. The molecule has 0 unspecified atom stereocenters. The number of fused-ring (bicyclic) bond motifs is 3. The first-order valence-electron chi connectivity index (χ1n) is 12.8. The zero-order valence-electron chi connectivity index (χ0n) is 21.3. The molecule has 2 fully saturated rings. The molecule has 1 aliphatic heterocycles. The van der Waals surface area contributed by atoms with Crippen molar-refractivity contribution in [1.82, 2.24) is 8.54 Å². The van der Waals surface area contributed by atoms with E-state index in [1.165, 1.54) is 29.8 Å². The van der Waals surface area contributed by atoms with Gasteiger partial charge in [-0.15, -0.1) is 0 Å². The van der Waals surface area contributed by atoms with Crippen LogP contribution in [0.5, 0.6) is 0 Å². The Kier molecular flexibility index (Phi) is 4.71. The fraction of sp³-hybridized carbons (Fsp3) is 0.276. The number of amides is 1. The van der Waals surface area contributed by atoms with Gasteiger partial charge in [-0.3, -0.25) is 9.59 Å². The molecule has 3 heterocycles. The molecule has 39 heavy (non-hydrogen) atoms. The van der Waals surface area contributed by atoms with E-state index < -0.39 is 32.7 Å². The number of carboxylic acid groups (broad SMARTS) is 1. The first-order chi connectivity index (χ1) is 18.6. The van der Waals surface area contributed by atoms with Crippen LogP contribution in [0.1, 0.15) is 52.4 Å². The number of para-hydroxylation sites is 1. The molecule has 2 saturated carbocycles. The Labute approximate surface area is 224 Å². The van der Waals surface area contributed by atoms with Crippen LogP contribution in [0.25, 0.3) is 10.9 Å². The van der Waals surface area contributed by atoms with Crippen molar-refractivity contribution in [1.29, 1.82) is 0 Å². The normalized spacial score (nSPS) is 22.1. The van der Waals surface area contributed by atoms with Gasteiger partial charge in [-0.25, -0.2) is 17.2 Å². The van der Waals surface area contributed by atoms with Crippen molar-refractivity contribution in [3.05, 3.63) is 93.5 Å². The van der Waals surface area contributed by atoms with E-state index in [2.05, 4.69) is 0 Å². The predicted octanol–water partition coefficient (Wildman–Crippen LogP) is 3.52. The van der Waals surface area contributed by atoms with Crippen molar-refractivity contribution in [3.63, 3.8) is 0 Å². The third-order valence-corrected chi connectivity index (χ3v) is 10.1. The number of aryl methyl sites for hydroxylation is 2. The fourth-order valence-corrected chi connectivity index (χ4v) is 7.78. The van der Waals surface area contributed by atoms with Crippen LogP contribution in [0.2, 0.25) is 0 Å². The van der Waals surface area contributed by atoms with Crippen molar-refractivity contribution < 1.29 is 23.1 Å². The van der Waals surface area contributed by atoms with Gasteiger partial charge in [0.05, 0.1) is 10.3 Å². The highest BCUT2D eigenvalue weighted by atomic mass is 32.2. The molecule has 1 amide bonds. The minimum Gasteiger partial charge on any atom is -0.477 e. The Morgan fingerprint density at radius 1 is 1.05 bits per heavy atom. The number of carboxylic acids is 1. The van der Waals surface area contributed by atoms with Gasteiger partial charge in [-0.1, -0.05) is 35.9 Å². The summed E-state index contributed by atoms with van der Waals surface area (Å²) in [5.41, 5.74) is 1.06. The zero-order valence-corrected chi connectivity index (χ0v) is 22.1. The van der Waals surface area contributed by atoms with Crippen molar-refractivity contribution in [2.45, 2.75) is 48.5 Å². The van der Waals surface area contributed by atoms with E-state index in [9.17, 15) is 27.9 Å². The average Bonchev–Trinajstić information content (AvgIpc) is 3.81. The molecule has 4 aromatic rings. The number of carbonyl (C=O) groups is 2. The SMILES string of the molecule is Cc1ccc(S(=O)(=O)n2c(C(=O)O)cc3c([C@@H]4C[C@@]45C(=O)N(C4CC4)c4ccccc45)cn(C)c(=O)c32)cc1. The summed E-state index contributed by atoms with van der Waals surface area (Å²) in [7, 11) is -2.92. The Hall–Kier alpha value is -4.18. The molecule has 9 nitrogen and oxygen atoms in total. The second-order valence-corrected chi connectivity index (χ2v) is 12.6. The summed E-state index contributed by atoms with van der Waals surface area (Å²) in [6, 6.07) is 15.2. The minimum atomic E-state index is -4.43. The van der Waals surface area contributed by atoms with E-state index in [1.54, 1.807) is 18.3 Å². The van der Waals surface area contributed by atoms with Gasteiger partial charge < -0.3 is 14.6 Å². The smallest absolute Gasteiger partial charge is 0.353 e. The molecule has 7 rings (SSSR count). The number of benzene rings is 2. The Morgan fingerprint density at radius 3 is 2.41 bits per heavy atom. The van der Waals surface area contributed by atoms with E-state index in [-0.39, 0.29) is 33.7 Å². The molecule has 2 aliphatic carbocycles. The molecule has 0 saturated heterocycles. The van der Waals surface area contributed by atoms with Gasteiger partial charge in [0, 0.05) is 36.3 Å². The van der Waals surface area contributed by atoms with E-state index in [1.807, 2.05) is 36.1 Å². The lowest BCUT2D eigenvalue weighted by Gasteiger charge is -2.17. The summed E-state index contributed by atoms with van der Waals surface area (Å²) >= 11 is 0. The van der Waals surface area contributed by atoms with Crippen molar-refractivity contribution in [2.75, 3.05) is 4.90 Å². The van der Waals surface area contributed by atoms with Gasteiger partial charge in [0.2, 0.25) is 5.91 Å². The number of rotatable bonds is 5. The highest BCUT2D eigenvalue weighted by Gasteiger charge is 2.68. The molecule has 0 bridgehead atoms. The van der Waals surface area contributed by atoms with Crippen molar-refractivity contribution >= 4 is 38.5 Å². The molecule has 1 N–H and O–H groups in total. The standard InChI is InChI=1S/C29H25N3O6S/c1-16-7-11-18(12-8-16)39(37,38)32-24(27(34)35)13-19-20(15-30(2)26(33)25(19)32)22-14-29(22)21-5-3-4-6-23(21)31(28(29)36)17-9-10-17/h3-8,11-13,15,17,22H,9-10,14H2,1-2H3,(H,34,35)/t22-,29-/m0/s1. The molecule has 2 atom stereocenters. The van der Waals surface area contributed by atoms with Crippen LogP contribution in [0.15, 0.2) is 70.5 Å². The number of nitrogens with zero attached hydrogens (tertiary/aromatic N) is 3. The van der Waals surface area contributed by atoms with Crippen LogP contribution in [0, 0.1) is 6.92 Å². The van der Waals surface area contributed by atoms with Gasteiger partial charge in [0.1, 0.15) is 11.2 Å². The lowest BCUT2D eigenvalue weighted by Crippen LogP contribution is -2.34. The first-order valence-corrected chi connectivity index (χ1v) is 14.2. The summed E-state index contributed by atoms with van der Waals surface area (Å²) in [6.45, 7) is 1.81. The topological polar surface area (TPSA) is 119 Å². The maximum Gasteiger partial charge on any atom is 0.353 e. The van der Waals surface area contributed by atoms with Crippen molar-refractivity contribution in [2.24, 2.45) is 7.05 Å². The van der Waals surface area contributed by atoms with Crippen LogP contribution < -0.4 is 10.5 Å². The molecule has 10 heteroatoms. The van der Waals surface area contributed by atoms with Gasteiger partial charge >= 0.3 is 5.97 Å². The first kappa shape index (κ1) is 23.9. The zero-order chi connectivity index (χ0) is 27.4. The number of carbonyl (C=O) groups excluding carboxylic acids is 1. The third kappa shape index (κ3) is 3.12. The molecular weight excluding hydrogens is 518 g/mol. The number of aromatic nitrogens is 2. The molecule has 0 radical (unpaired) electrons.